The molecule has 0 aliphatic heterocycles. The minimum absolute atomic E-state index is 0.134. The van der Waals surface area contributed by atoms with Gasteiger partial charge in [-0.05, 0) is 70.8 Å². The third kappa shape index (κ3) is 1.68. The van der Waals surface area contributed by atoms with Crippen molar-refractivity contribution < 1.29 is 0 Å². The molecule has 0 fully saturated rings. The van der Waals surface area contributed by atoms with E-state index in [1.54, 1.807) is 0 Å². The first-order valence-corrected chi connectivity index (χ1v) is 6.09. The van der Waals surface area contributed by atoms with Crippen LogP contribution in [0.15, 0.2) is 53.3 Å². The van der Waals surface area contributed by atoms with Crippen LogP contribution in [-0.4, -0.2) is 0 Å². The Morgan fingerprint density at radius 1 is 0.667 bits per heavy atom. The molecule has 18 heavy (non-hydrogen) atoms. The molecule has 0 amide bonds. The first kappa shape index (κ1) is 11.0. The van der Waals surface area contributed by atoms with Crippen LogP contribution in [0.1, 0.15) is 11.1 Å². The monoisotopic (exact) mass is 234 g/mol. The van der Waals surface area contributed by atoms with E-state index in [-0.39, 0.29) is 5.43 Å². The van der Waals surface area contributed by atoms with E-state index in [2.05, 4.69) is 24.3 Å². The van der Waals surface area contributed by atoms with Crippen LogP contribution in [0.4, 0.5) is 0 Å². The molecule has 3 aromatic rings. The Kier molecular flexibility index (Phi) is 2.41. The molecule has 0 aromatic heterocycles. The number of hydrogen-bond acceptors (Lipinski definition) is 1. The Bertz CT molecular complexity index is 749. The summed E-state index contributed by atoms with van der Waals surface area (Å²) in [6.45, 7) is 3.76. The van der Waals surface area contributed by atoms with Crippen molar-refractivity contribution in [1.29, 1.82) is 0 Å². The Balaban J connectivity index is 2.55. The van der Waals surface area contributed by atoms with Gasteiger partial charge in [-0.15, -0.1) is 0 Å². The van der Waals surface area contributed by atoms with Crippen molar-refractivity contribution in [2.45, 2.75) is 13.8 Å². The molecular formula is C17H14O. The van der Waals surface area contributed by atoms with Gasteiger partial charge in [-0.2, -0.15) is 0 Å². The number of rotatable bonds is 0. The molecule has 0 aliphatic carbocycles. The molecule has 0 atom stereocenters. The summed E-state index contributed by atoms with van der Waals surface area (Å²) in [4.78, 5) is 12.0. The van der Waals surface area contributed by atoms with E-state index in [9.17, 15) is 4.79 Å². The summed E-state index contributed by atoms with van der Waals surface area (Å²) < 4.78 is 0. The zero-order valence-electron chi connectivity index (χ0n) is 10.5. The minimum atomic E-state index is 0.134. The van der Waals surface area contributed by atoms with Gasteiger partial charge in [0.2, 0.25) is 0 Å². The van der Waals surface area contributed by atoms with Gasteiger partial charge in [-0.1, -0.05) is 24.3 Å². The van der Waals surface area contributed by atoms with Gasteiger partial charge in [-0.3, -0.25) is 4.79 Å². The Labute approximate surface area is 106 Å². The van der Waals surface area contributed by atoms with E-state index in [1.807, 2.05) is 38.1 Å². The first-order valence-electron chi connectivity index (χ1n) is 6.09. The zero-order valence-corrected chi connectivity index (χ0v) is 10.5. The average Bonchev–Trinajstić information content (AvgIpc) is 2.46. The second kappa shape index (κ2) is 3.95. The fourth-order valence-corrected chi connectivity index (χ4v) is 2.43. The fourth-order valence-electron chi connectivity index (χ4n) is 2.43. The van der Waals surface area contributed by atoms with Gasteiger partial charge in [0.1, 0.15) is 0 Å². The minimum Gasteiger partial charge on any atom is -0.289 e. The largest absolute Gasteiger partial charge is 0.289 e. The number of hydrogen-bond donors (Lipinski definition) is 0. The fraction of sp³-hybridized carbons (Fsp3) is 0.118. The quantitative estimate of drug-likeness (QED) is 0.575. The lowest BCUT2D eigenvalue weighted by Gasteiger charge is -1.99. The average molecular weight is 234 g/mol. The van der Waals surface area contributed by atoms with Gasteiger partial charge in [0.25, 0.3) is 0 Å². The summed E-state index contributed by atoms with van der Waals surface area (Å²) in [6.07, 6.45) is 0. The molecule has 0 unspecified atom stereocenters. The number of aryl methyl sites for hydroxylation is 2. The smallest absolute Gasteiger partial charge is 0.184 e. The third-order valence-corrected chi connectivity index (χ3v) is 3.41. The molecule has 0 bridgehead atoms. The van der Waals surface area contributed by atoms with Crippen molar-refractivity contribution in [3.63, 3.8) is 0 Å². The van der Waals surface area contributed by atoms with E-state index >= 15 is 0 Å². The molecule has 0 aliphatic rings. The summed E-state index contributed by atoms with van der Waals surface area (Å²) in [5.41, 5.74) is 1.74. The van der Waals surface area contributed by atoms with Gasteiger partial charge >= 0.3 is 0 Å². The van der Waals surface area contributed by atoms with Crippen LogP contribution in [-0.2, 0) is 0 Å². The Morgan fingerprint density at radius 3 is 1.56 bits per heavy atom. The van der Waals surface area contributed by atoms with Crippen molar-refractivity contribution in [2.24, 2.45) is 0 Å². The molecule has 0 heterocycles. The highest BCUT2D eigenvalue weighted by molar-refractivity contribution is 5.98. The van der Waals surface area contributed by atoms with Crippen molar-refractivity contribution in [2.75, 3.05) is 0 Å². The summed E-state index contributed by atoms with van der Waals surface area (Å²) in [5, 5.41) is 4.66. The summed E-state index contributed by atoms with van der Waals surface area (Å²) in [7, 11) is 0. The van der Waals surface area contributed by atoms with Gasteiger partial charge in [0, 0.05) is 0 Å². The molecule has 3 aromatic carbocycles. The van der Waals surface area contributed by atoms with Crippen LogP contribution in [0.3, 0.4) is 0 Å². The molecule has 3 rings (SSSR count). The van der Waals surface area contributed by atoms with Crippen molar-refractivity contribution in [3.8, 4) is 0 Å². The standard InChI is InChI=1S/C17H14O/c1-11-7-15-9-13-5-3-4-6-14(13)10-16(15)8-12(2)17(11)18/h3-10H,1-2H3. The van der Waals surface area contributed by atoms with Crippen LogP contribution < -0.4 is 5.43 Å². The maximum Gasteiger partial charge on any atom is 0.184 e. The molecule has 1 nitrogen and oxygen atoms in total. The van der Waals surface area contributed by atoms with Crippen molar-refractivity contribution in [1.82, 2.24) is 0 Å². The van der Waals surface area contributed by atoms with Crippen LogP contribution in [0.25, 0.3) is 21.5 Å². The van der Waals surface area contributed by atoms with Gasteiger partial charge in [-0.25, -0.2) is 0 Å². The van der Waals surface area contributed by atoms with Crippen LogP contribution in [0.2, 0.25) is 0 Å². The number of benzene rings is 2. The highest BCUT2D eigenvalue weighted by atomic mass is 16.1. The highest BCUT2D eigenvalue weighted by Gasteiger charge is 2.01. The van der Waals surface area contributed by atoms with Crippen molar-refractivity contribution >= 4 is 21.5 Å². The molecular weight excluding hydrogens is 220 g/mol. The second-order valence-corrected chi connectivity index (χ2v) is 4.81. The van der Waals surface area contributed by atoms with E-state index in [4.69, 9.17) is 0 Å². The second-order valence-electron chi connectivity index (χ2n) is 4.81. The van der Waals surface area contributed by atoms with E-state index in [0.717, 1.165) is 21.9 Å². The van der Waals surface area contributed by atoms with Crippen molar-refractivity contribution in [3.05, 3.63) is 69.9 Å². The number of fused-ring (bicyclic) bond motifs is 2. The van der Waals surface area contributed by atoms with Crippen LogP contribution in [0, 0.1) is 13.8 Å². The lowest BCUT2D eigenvalue weighted by molar-refractivity contribution is 1.35. The van der Waals surface area contributed by atoms with E-state index in [1.165, 1.54) is 10.8 Å². The van der Waals surface area contributed by atoms with Gasteiger partial charge in [0.15, 0.2) is 5.43 Å². The molecule has 0 saturated carbocycles. The Morgan fingerprint density at radius 2 is 1.11 bits per heavy atom. The molecule has 0 radical (unpaired) electrons. The summed E-state index contributed by atoms with van der Waals surface area (Å²) in [5.74, 6) is 0. The van der Waals surface area contributed by atoms with Crippen LogP contribution in [0.5, 0.6) is 0 Å². The molecule has 88 valence electrons. The van der Waals surface area contributed by atoms with Gasteiger partial charge in [0.05, 0.1) is 0 Å². The summed E-state index contributed by atoms with van der Waals surface area (Å²) in [6, 6.07) is 16.5. The van der Waals surface area contributed by atoms with Crippen LogP contribution >= 0.6 is 0 Å². The maximum atomic E-state index is 12.0. The van der Waals surface area contributed by atoms with E-state index in [0.29, 0.717) is 0 Å². The molecule has 0 saturated heterocycles. The normalized spacial score (nSPS) is 11.0. The predicted molar refractivity (Wildman–Crippen MR) is 77.2 cm³/mol. The SMILES string of the molecule is Cc1cc2cc3ccccc3cc2cc(C)c1=O. The highest BCUT2D eigenvalue weighted by Crippen LogP contribution is 2.22. The molecule has 0 N–H and O–H groups in total. The lowest BCUT2D eigenvalue weighted by Crippen LogP contribution is -2.03. The maximum absolute atomic E-state index is 12.0. The topological polar surface area (TPSA) is 17.1 Å². The third-order valence-electron chi connectivity index (χ3n) is 3.41. The zero-order chi connectivity index (χ0) is 12.7. The summed E-state index contributed by atoms with van der Waals surface area (Å²) >= 11 is 0. The molecule has 0 spiro atoms. The van der Waals surface area contributed by atoms with E-state index < -0.39 is 0 Å². The lowest BCUT2D eigenvalue weighted by atomic mass is 10.1. The predicted octanol–water partition coefficient (Wildman–Crippen LogP) is 3.97. The molecule has 1 heteroatoms. The van der Waals surface area contributed by atoms with Gasteiger partial charge < -0.3 is 0 Å². The Hall–Kier alpha value is -2.15. The first-order chi connectivity index (χ1) is 8.65.